The molecule has 7 heterocycles. The zero-order chi connectivity index (χ0) is 39.2. The molecule has 5 aliphatic rings. The summed E-state index contributed by atoms with van der Waals surface area (Å²) in [5, 5.41) is 5.37. The van der Waals surface area contributed by atoms with Crippen molar-refractivity contribution in [3.8, 4) is 28.5 Å². The second-order valence-electron chi connectivity index (χ2n) is 16.1. The molecule has 3 aromatic heterocycles. The van der Waals surface area contributed by atoms with Crippen LogP contribution in [0, 0.1) is 11.7 Å². The largest absolute Gasteiger partial charge is 0.494 e. The summed E-state index contributed by atoms with van der Waals surface area (Å²) in [7, 11) is 3.32. The Balaban J connectivity index is 0.784. The van der Waals surface area contributed by atoms with Gasteiger partial charge in [0.25, 0.3) is 5.91 Å². The number of carbonyl (C=O) groups is 3. The lowest BCUT2D eigenvalue weighted by molar-refractivity contribution is -0.135. The number of fused-ring (bicyclic) bond motifs is 3. The third kappa shape index (κ3) is 5.87. The number of hydrogen-bond donors (Lipinski definition) is 3. The van der Waals surface area contributed by atoms with Crippen LogP contribution < -0.4 is 30.9 Å². The molecule has 2 aromatic carbocycles. The molecular weight excluding hydrogens is 732 g/mol. The zero-order valence-corrected chi connectivity index (χ0v) is 31.8. The first-order valence-corrected chi connectivity index (χ1v) is 19.6. The lowest BCUT2D eigenvalue weighted by atomic mass is 9.95. The van der Waals surface area contributed by atoms with E-state index in [1.54, 1.807) is 43.1 Å². The van der Waals surface area contributed by atoms with E-state index in [2.05, 4.69) is 35.3 Å². The summed E-state index contributed by atoms with van der Waals surface area (Å²) in [6.07, 6.45) is 4.15. The van der Waals surface area contributed by atoms with Gasteiger partial charge in [-0.3, -0.25) is 33.7 Å². The molecule has 0 bridgehead atoms. The normalized spacial score (nSPS) is 20.8. The maximum atomic E-state index is 15.7. The van der Waals surface area contributed by atoms with E-state index in [-0.39, 0.29) is 47.4 Å². The van der Waals surface area contributed by atoms with Crippen molar-refractivity contribution < 1.29 is 23.5 Å². The van der Waals surface area contributed by atoms with Gasteiger partial charge in [0, 0.05) is 94.7 Å². The van der Waals surface area contributed by atoms with Crippen molar-refractivity contribution >= 4 is 40.1 Å². The molecule has 3 N–H and O–H groups in total. The SMILES string of the molecule is COc1ccc2c(c1N1CC(CN3CCN(c4ccc(-c5nccc(-c6cc7c([nH]6)C6(CC6)CNC7=O)n5)c(F)c4)CC3)C1)n(C)c(=O)n2C1CCC(=O)NC1=O. The smallest absolute Gasteiger partial charge is 0.329 e. The number of hydrogen-bond acceptors (Lipinski definition) is 10. The minimum Gasteiger partial charge on any atom is -0.494 e. The number of halogens is 1. The quantitative estimate of drug-likeness (QED) is 0.200. The fraction of sp³-hybridized carbons (Fsp3) is 0.415. The number of H-pyrrole nitrogens is 1. The first kappa shape index (κ1) is 35.4. The van der Waals surface area contributed by atoms with Crippen LogP contribution >= 0.6 is 0 Å². The van der Waals surface area contributed by atoms with Gasteiger partial charge in [0.05, 0.1) is 40.7 Å². The number of aromatic amines is 1. The summed E-state index contributed by atoms with van der Waals surface area (Å²) in [5.41, 5.74) is 5.94. The average molecular weight is 775 g/mol. The standard InChI is InChI=1S/C41H43FN10O5/c1-48-34-30(52(40(48)56)31-6-8-33(53)47-39(31)55)5-7-32(57-2)35(34)51-20-23(21-51)19-49-13-15-50(16-14-49)24-3-4-25(27(42)17-24)37-43-12-9-28(46-37)29-18-26-36(45-29)41(10-11-41)22-44-38(26)54/h3-5,7,9,12,17-18,23,31,45H,6,8,10-11,13-16,19-22H2,1-2H3,(H,44,54)(H,47,53,55). The van der Waals surface area contributed by atoms with Crippen molar-refractivity contribution in [1.82, 2.24) is 39.6 Å². The van der Waals surface area contributed by atoms with Crippen LogP contribution in [0.4, 0.5) is 15.8 Å². The topological polar surface area (TPSA) is 163 Å². The number of imide groups is 1. The molecule has 1 aliphatic carbocycles. The van der Waals surface area contributed by atoms with Gasteiger partial charge in [0.15, 0.2) is 5.82 Å². The number of amides is 3. The first-order chi connectivity index (χ1) is 27.6. The fourth-order valence-corrected chi connectivity index (χ4v) is 9.28. The predicted molar refractivity (Wildman–Crippen MR) is 210 cm³/mol. The van der Waals surface area contributed by atoms with Crippen LogP contribution in [0.3, 0.4) is 0 Å². The maximum Gasteiger partial charge on any atom is 0.329 e. The van der Waals surface area contributed by atoms with Crippen LogP contribution in [0.1, 0.15) is 47.8 Å². The lowest BCUT2D eigenvalue weighted by Gasteiger charge is -2.45. The van der Waals surface area contributed by atoms with Crippen molar-refractivity contribution in [2.75, 3.05) is 69.3 Å². The van der Waals surface area contributed by atoms with E-state index in [0.29, 0.717) is 46.1 Å². The molecule has 1 atom stereocenters. The van der Waals surface area contributed by atoms with Gasteiger partial charge >= 0.3 is 5.69 Å². The monoisotopic (exact) mass is 774 g/mol. The molecule has 16 heteroatoms. The minimum absolute atomic E-state index is 0.00558. The number of benzene rings is 2. The van der Waals surface area contributed by atoms with Gasteiger partial charge in [-0.1, -0.05) is 0 Å². The fourth-order valence-electron chi connectivity index (χ4n) is 9.28. The highest BCUT2D eigenvalue weighted by Gasteiger charge is 2.50. The summed E-state index contributed by atoms with van der Waals surface area (Å²) in [6, 6.07) is 11.7. The van der Waals surface area contributed by atoms with E-state index in [1.807, 2.05) is 24.3 Å². The van der Waals surface area contributed by atoms with Crippen LogP contribution in [0.15, 0.2) is 53.5 Å². The molecule has 4 fully saturated rings. The second-order valence-corrected chi connectivity index (χ2v) is 16.1. The number of imidazole rings is 1. The highest BCUT2D eigenvalue weighted by molar-refractivity contribution is 6.01. The molecule has 10 rings (SSSR count). The summed E-state index contributed by atoms with van der Waals surface area (Å²) in [6.45, 7) is 6.33. The van der Waals surface area contributed by atoms with Gasteiger partial charge < -0.3 is 24.8 Å². The summed E-state index contributed by atoms with van der Waals surface area (Å²) in [5.74, 6) is 0.0883. The number of carbonyl (C=O) groups excluding carboxylic acids is 3. The molecule has 0 radical (unpaired) electrons. The third-order valence-corrected chi connectivity index (χ3v) is 12.6. The molecule has 1 saturated carbocycles. The minimum atomic E-state index is -0.758. The Morgan fingerprint density at radius 1 is 0.965 bits per heavy atom. The van der Waals surface area contributed by atoms with Gasteiger partial charge in [-0.15, -0.1) is 0 Å². The Bertz CT molecular complexity index is 2540. The van der Waals surface area contributed by atoms with Crippen molar-refractivity contribution in [2.45, 2.75) is 37.1 Å². The zero-order valence-electron chi connectivity index (χ0n) is 31.8. The van der Waals surface area contributed by atoms with Crippen molar-refractivity contribution in [3.05, 3.63) is 76.2 Å². The number of nitrogens with one attached hydrogen (secondary N) is 3. The molecule has 1 unspecified atom stereocenters. The molecule has 3 saturated heterocycles. The van der Waals surface area contributed by atoms with Gasteiger partial charge in [-0.2, -0.15) is 0 Å². The predicted octanol–water partition coefficient (Wildman–Crippen LogP) is 2.95. The average Bonchev–Trinajstić information content (AvgIpc) is 3.75. The highest BCUT2D eigenvalue weighted by Crippen LogP contribution is 2.50. The number of anilines is 2. The molecule has 4 aliphatic heterocycles. The van der Waals surface area contributed by atoms with Gasteiger partial charge in [0.1, 0.15) is 23.3 Å². The number of piperazine rings is 1. The summed E-state index contributed by atoms with van der Waals surface area (Å²) < 4.78 is 24.6. The van der Waals surface area contributed by atoms with E-state index in [1.165, 1.54) is 4.57 Å². The van der Waals surface area contributed by atoms with Gasteiger partial charge in [-0.25, -0.2) is 19.2 Å². The molecule has 1 spiro atoms. The van der Waals surface area contributed by atoms with E-state index in [4.69, 9.17) is 9.72 Å². The number of aromatic nitrogens is 5. The molecular formula is C41H43FN10O5. The van der Waals surface area contributed by atoms with Crippen molar-refractivity contribution in [2.24, 2.45) is 13.0 Å². The van der Waals surface area contributed by atoms with Crippen molar-refractivity contribution in [1.29, 1.82) is 0 Å². The van der Waals surface area contributed by atoms with Crippen LogP contribution in [0.2, 0.25) is 0 Å². The molecule has 15 nitrogen and oxygen atoms in total. The Morgan fingerprint density at radius 3 is 2.51 bits per heavy atom. The second kappa shape index (κ2) is 13.3. The lowest BCUT2D eigenvalue weighted by Crippen LogP contribution is -2.55. The Hall–Kier alpha value is -6.03. The van der Waals surface area contributed by atoms with Gasteiger partial charge in [0.2, 0.25) is 11.8 Å². The Kier molecular flexibility index (Phi) is 8.25. The van der Waals surface area contributed by atoms with Gasteiger partial charge in [-0.05, 0) is 61.7 Å². The van der Waals surface area contributed by atoms with Crippen molar-refractivity contribution in [3.63, 3.8) is 0 Å². The van der Waals surface area contributed by atoms with Crippen LogP contribution in [0.25, 0.3) is 33.8 Å². The molecule has 5 aromatic rings. The third-order valence-electron chi connectivity index (χ3n) is 12.6. The summed E-state index contributed by atoms with van der Waals surface area (Å²) in [4.78, 5) is 70.1. The van der Waals surface area contributed by atoms with Crippen LogP contribution in [0.5, 0.6) is 5.75 Å². The van der Waals surface area contributed by atoms with Crippen LogP contribution in [-0.4, -0.2) is 106 Å². The number of methoxy groups -OCH3 is 1. The number of nitrogens with zero attached hydrogens (tertiary/aromatic N) is 7. The van der Waals surface area contributed by atoms with E-state index in [9.17, 15) is 19.2 Å². The summed E-state index contributed by atoms with van der Waals surface area (Å²) >= 11 is 0. The molecule has 3 amide bonds. The number of ether oxygens (including phenoxy) is 1. The number of piperidine rings is 1. The Labute approximate surface area is 326 Å². The molecule has 57 heavy (non-hydrogen) atoms. The van der Waals surface area contributed by atoms with E-state index >= 15 is 4.39 Å². The van der Waals surface area contributed by atoms with Crippen LogP contribution in [-0.2, 0) is 22.1 Å². The molecule has 294 valence electrons. The highest BCUT2D eigenvalue weighted by atomic mass is 19.1. The first-order valence-electron chi connectivity index (χ1n) is 19.6. The van der Waals surface area contributed by atoms with E-state index in [0.717, 1.165) is 81.4 Å². The maximum absolute atomic E-state index is 15.7. The Morgan fingerprint density at radius 2 is 1.77 bits per heavy atom. The number of aryl methyl sites for hydroxylation is 1. The number of rotatable bonds is 8. The van der Waals surface area contributed by atoms with E-state index < -0.39 is 11.9 Å².